The maximum Gasteiger partial charge on any atom is 0.134 e. The van der Waals surface area contributed by atoms with E-state index in [1.807, 2.05) is 72.2 Å². The van der Waals surface area contributed by atoms with Crippen LogP contribution in [0.25, 0.3) is 117 Å². The Morgan fingerprint density at radius 1 is 0.254 bits per heavy atom. The summed E-state index contributed by atoms with van der Waals surface area (Å²) in [5.41, 5.74) is 30.9. The molecule has 646 valence electrons. The van der Waals surface area contributed by atoms with Crippen molar-refractivity contribution >= 4 is 162 Å². The smallest absolute Gasteiger partial charge is 0.134 e. The van der Waals surface area contributed by atoms with E-state index in [0.717, 1.165) is 39.2 Å². The molecule has 0 amide bonds. The summed E-state index contributed by atoms with van der Waals surface area (Å²) in [6, 6.07) is 81.4. The lowest BCUT2D eigenvalue weighted by atomic mass is 10.1. The summed E-state index contributed by atoms with van der Waals surface area (Å²) in [6.07, 6.45) is 5.98. The van der Waals surface area contributed by atoms with Crippen molar-refractivity contribution in [2.24, 2.45) is 28.2 Å². The normalized spacial score (nSPS) is 10.8. The summed E-state index contributed by atoms with van der Waals surface area (Å²) in [5.74, 6) is 1.78. The van der Waals surface area contributed by atoms with E-state index < -0.39 is 0 Å². The summed E-state index contributed by atoms with van der Waals surface area (Å²) in [4.78, 5) is 2.79. The monoisotopic (exact) mass is 1740 g/mol. The Hall–Kier alpha value is -12.0. The summed E-state index contributed by atoms with van der Waals surface area (Å²) >= 11 is 7.38. The maximum absolute atomic E-state index is 13.1. The van der Waals surface area contributed by atoms with Crippen LogP contribution in [-0.2, 0) is 28.2 Å². The van der Waals surface area contributed by atoms with E-state index in [0.29, 0.717) is 5.56 Å². The lowest BCUT2D eigenvalue weighted by Crippen LogP contribution is -1.89. The van der Waals surface area contributed by atoms with Gasteiger partial charge in [-0.15, -0.1) is 45.3 Å². The Balaban J connectivity index is 0.000000126. The number of aryl methyl sites for hydroxylation is 26. The van der Waals surface area contributed by atoms with Crippen molar-refractivity contribution in [3.8, 4) is 0 Å². The Morgan fingerprint density at radius 2 is 0.698 bits per heavy atom. The van der Waals surface area contributed by atoms with Gasteiger partial charge in [-0.05, 0) is 379 Å². The number of furan rings is 3. The topological polar surface area (TPSA) is 59.1 Å². The summed E-state index contributed by atoms with van der Waals surface area (Å²) in [7, 11) is 8.39. The lowest BCUT2D eigenvalue weighted by Gasteiger charge is -1.98. The Kier molecular flexibility index (Phi) is 30.6. The number of aromatic nitrogens is 4. The number of rotatable bonds is 0. The Morgan fingerprint density at radius 3 is 1.37 bits per heavy atom. The van der Waals surface area contributed by atoms with Crippen LogP contribution in [0, 0.1) is 158 Å². The van der Waals surface area contributed by atoms with Crippen molar-refractivity contribution in [3.05, 3.63) is 387 Å². The molecule has 22 rings (SSSR count). The third-order valence-corrected chi connectivity index (χ3v) is 26.8. The van der Waals surface area contributed by atoms with Crippen molar-refractivity contribution < 1.29 is 17.6 Å². The second-order valence-electron chi connectivity index (χ2n) is 34.1. The van der Waals surface area contributed by atoms with Crippen LogP contribution in [-0.4, -0.2) is 18.3 Å². The van der Waals surface area contributed by atoms with Crippen LogP contribution < -0.4 is 0 Å². The largest absolute Gasteiger partial charge is 0.464 e. The van der Waals surface area contributed by atoms with E-state index in [2.05, 4.69) is 407 Å². The van der Waals surface area contributed by atoms with E-state index in [1.165, 1.54) is 200 Å². The van der Waals surface area contributed by atoms with Crippen molar-refractivity contribution in [3.63, 3.8) is 0 Å². The molecule has 7 nitrogen and oxygen atoms in total. The van der Waals surface area contributed by atoms with Crippen LogP contribution in [0.4, 0.5) is 4.39 Å². The molecule has 0 fully saturated rings. The van der Waals surface area contributed by atoms with Gasteiger partial charge in [0.15, 0.2) is 0 Å². The highest BCUT2D eigenvalue weighted by Crippen LogP contribution is 2.32. The van der Waals surface area contributed by atoms with E-state index >= 15 is 0 Å². The standard InChI is InChI=1S/4C11H13N.C10H9FO.2C10H10O.4C10H10S/c1-8-4-5-11-10(6-8)9(2)7-12(11)3;1-8-4-5-11-10(6-8)7-9(2)12(11)3;1-8-4-5-10-9(2)7-12(3)11(10)6-8;1-8-4-5-10-7-9(2)12(3)11(10)6-8;1-6-3-10-8(4-9(6)11)7(2)5-12-10;1-7-3-4-10-9(5-7)6-8(2)11-10;1-7-3-4-9-6-8(2)11-10(9)5-7;1-7-3-4-10-9(5-7)8(2)6-11-10;1-7-3-4-10-9(5-7)6-8(2)11-10;1-7-3-4-9-8(2)6-11-10(9)5-7;1-7-3-4-9-6-8(2)11-10(9)5-7/h4*4-7H,1-3H3;3-5H,1-2H3;6*3-6H,1-2H3. The molecule has 22 aromatic rings. The zero-order valence-corrected chi connectivity index (χ0v) is 81.6. The van der Waals surface area contributed by atoms with Gasteiger partial charge >= 0.3 is 0 Å². The van der Waals surface area contributed by atoms with Crippen molar-refractivity contribution in [1.29, 1.82) is 0 Å². The molecule has 0 unspecified atom stereocenters. The third kappa shape index (κ3) is 23.7. The van der Waals surface area contributed by atoms with E-state index in [9.17, 15) is 4.39 Å². The molecule has 0 aliphatic rings. The predicted octanol–water partition coefficient (Wildman–Crippen LogP) is 34.5. The van der Waals surface area contributed by atoms with E-state index in [-0.39, 0.29) is 5.82 Å². The Labute approximate surface area is 760 Å². The number of hydrogen-bond donors (Lipinski definition) is 0. The van der Waals surface area contributed by atoms with Crippen molar-refractivity contribution in [1.82, 2.24) is 18.3 Å². The van der Waals surface area contributed by atoms with Gasteiger partial charge in [0.05, 0.1) is 6.26 Å². The number of hydrogen-bond acceptors (Lipinski definition) is 7. The number of halogens is 1. The van der Waals surface area contributed by atoms with Crippen molar-refractivity contribution in [2.75, 3.05) is 0 Å². The van der Waals surface area contributed by atoms with Gasteiger partial charge in [-0.1, -0.05) is 131 Å². The molecule has 11 aromatic heterocycles. The molecule has 0 bridgehead atoms. The third-order valence-electron chi connectivity index (χ3n) is 22.7. The van der Waals surface area contributed by atoms with Gasteiger partial charge in [-0.3, -0.25) is 0 Å². The molecule has 0 saturated carbocycles. The minimum absolute atomic E-state index is 0.174. The minimum atomic E-state index is -0.174. The lowest BCUT2D eigenvalue weighted by molar-refractivity contribution is 0.578. The summed E-state index contributed by atoms with van der Waals surface area (Å²) in [6.45, 7) is 46.0. The molecule has 11 heterocycles. The summed E-state index contributed by atoms with van der Waals surface area (Å²) < 4.78 is 43.5. The van der Waals surface area contributed by atoms with Gasteiger partial charge in [-0.25, -0.2) is 4.39 Å². The van der Waals surface area contributed by atoms with Crippen LogP contribution in [0.1, 0.15) is 122 Å². The first-order chi connectivity index (χ1) is 60.0. The van der Waals surface area contributed by atoms with Crippen LogP contribution in [0.15, 0.2) is 273 Å². The average molecular weight is 1740 g/mol. The molecular formula is C114H121FN4O3S4. The zero-order valence-electron chi connectivity index (χ0n) is 78.4. The molecule has 12 heteroatoms. The van der Waals surface area contributed by atoms with Crippen LogP contribution >= 0.6 is 45.3 Å². The van der Waals surface area contributed by atoms with Crippen LogP contribution in [0.2, 0.25) is 0 Å². The van der Waals surface area contributed by atoms with Gasteiger partial charge in [0.25, 0.3) is 0 Å². The quantitative estimate of drug-likeness (QED) is 0.152. The zero-order chi connectivity index (χ0) is 90.6. The van der Waals surface area contributed by atoms with Gasteiger partial charge < -0.3 is 31.5 Å². The molecule has 0 aliphatic heterocycles. The van der Waals surface area contributed by atoms with Crippen molar-refractivity contribution in [2.45, 2.75) is 152 Å². The highest BCUT2D eigenvalue weighted by Gasteiger charge is 2.10. The number of fused-ring (bicyclic) bond motifs is 11. The molecule has 0 atom stereocenters. The Bertz CT molecular complexity index is 7080. The fourth-order valence-corrected chi connectivity index (χ4v) is 19.4. The van der Waals surface area contributed by atoms with Gasteiger partial charge in [0.2, 0.25) is 0 Å². The van der Waals surface area contributed by atoms with Gasteiger partial charge in [0, 0.05) is 135 Å². The fourth-order valence-electron chi connectivity index (χ4n) is 15.5. The molecule has 0 spiro atoms. The molecule has 0 radical (unpaired) electrons. The first kappa shape index (κ1) is 93.1. The first-order valence-corrected chi connectivity index (χ1v) is 46.4. The van der Waals surface area contributed by atoms with Gasteiger partial charge in [-0.2, -0.15) is 0 Å². The van der Waals surface area contributed by atoms with E-state index in [4.69, 9.17) is 13.3 Å². The number of nitrogens with zero attached hydrogens (tertiary/aromatic N) is 4. The fraction of sp³-hybridized carbons (Fsp3) is 0.228. The molecular weight excluding hydrogens is 1620 g/mol. The highest BCUT2D eigenvalue weighted by molar-refractivity contribution is 7.19. The van der Waals surface area contributed by atoms with Crippen LogP contribution in [0.5, 0.6) is 0 Å². The van der Waals surface area contributed by atoms with E-state index in [1.54, 1.807) is 19.3 Å². The number of thiophene rings is 4. The molecule has 126 heavy (non-hydrogen) atoms. The highest BCUT2D eigenvalue weighted by atomic mass is 32.1. The molecule has 0 saturated heterocycles. The average Bonchev–Trinajstić information content (AvgIpc) is 1.66. The first-order valence-electron chi connectivity index (χ1n) is 43.0. The predicted molar refractivity (Wildman–Crippen MR) is 552 cm³/mol. The SMILES string of the molecule is Cc1cc2occ(C)c2cc1F.Cc1ccc2c(C)cn(C)c2c1.Cc1ccc2c(C)csc2c1.Cc1ccc2c(c1)c(C)cn2C.Cc1ccc2c(c1)cc(C)n2C.Cc1ccc2cc(C)n(C)c2c1.Cc1ccc2cc(C)oc2c1.Cc1ccc2cc(C)sc2c1.Cc1ccc2oc(C)cc2c1.Cc1ccc2sc(C)cc2c1.Cc1ccc2scc(C)c2c1. The van der Waals surface area contributed by atoms with Gasteiger partial charge in [0.1, 0.15) is 34.1 Å². The second-order valence-corrected chi connectivity index (χ2v) is 38.5. The number of benzene rings is 11. The molecule has 0 aliphatic carbocycles. The maximum atomic E-state index is 13.1. The van der Waals surface area contributed by atoms with Crippen LogP contribution in [0.3, 0.4) is 0 Å². The summed E-state index contributed by atoms with van der Waals surface area (Å²) in [5, 5.41) is 18.7. The molecule has 0 N–H and O–H groups in total. The molecule has 11 aromatic carbocycles. The second kappa shape index (κ2) is 41.4. The minimum Gasteiger partial charge on any atom is -0.464 e.